The van der Waals surface area contributed by atoms with Crippen molar-refractivity contribution in [3.05, 3.63) is 89.5 Å². The fourth-order valence-corrected chi connectivity index (χ4v) is 4.18. The summed E-state index contributed by atoms with van der Waals surface area (Å²) < 4.78 is 5.97. The number of aliphatic hydroxyl groups is 1. The number of benzene rings is 3. The summed E-state index contributed by atoms with van der Waals surface area (Å²) in [4.78, 5) is 25.7. The molecule has 1 aliphatic carbocycles. The van der Waals surface area contributed by atoms with Gasteiger partial charge in [-0.15, -0.1) is 0 Å². The Kier molecular flexibility index (Phi) is 8.06. The standard InChI is InChI=1S/C30H33NO5/c1-22-10-12-23(13-11-22)24-14-16-25(17-15-24)29(34)31(30(35)18-19-30)21-26-7-4-5-8-27(26)36-20-6-2-3-9-28(32)33/h4-5,7-8,10-17,35H,2-3,6,9,18-21H2,1H3,(H,32,33). The first-order valence-corrected chi connectivity index (χ1v) is 12.5. The summed E-state index contributed by atoms with van der Waals surface area (Å²) in [6, 6.07) is 23.3. The van der Waals surface area contributed by atoms with Crippen molar-refractivity contribution in [3.8, 4) is 16.9 Å². The van der Waals surface area contributed by atoms with Gasteiger partial charge in [0.15, 0.2) is 0 Å². The molecule has 3 aromatic rings. The van der Waals surface area contributed by atoms with Gasteiger partial charge in [0.25, 0.3) is 5.91 Å². The second kappa shape index (κ2) is 11.4. The van der Waals surface area contributed by atoms with Gasteiger partial charge in [-0.05, 0) is 68.4 Å². The number of para-hydroxylation sites is 1. The van der Waals surface area contributed by atoms with Crippen LogP contribution in [-0.4, -0.2) is 39.3 Å². The lowest BCUT2D eigenvalue weighted by Gasteiger charge is -2.29. The quantitative estimate of drug-likeness (QED) is 0.249. The minimum atomic E-state index is -1.14. The Balaban J connectivity index is 1.44. The number of carboxylic acids is 1. The molecule has 1 saturated carbocycles. The number of ether oxygens (including phenoxy) is 1. The van der Waals surface area contributed by atoms with Crippen LogP contribution in [0.4, 0.5) is 0 Å². The number of nitrogens with zero attached hydrogens (tertiary/aromatic N) is 1. The number of carboxylic acid groups (broad SMARTS) is 1. The zero-order valence-corrected chi connectivity index (χ0v) is 20.7. The van der Waals surface area contributed by atoms with Crippen LogP contribution in [0.15, 0.2) is 72.8 Å². The maximum Gasteiger partial charge on any atom is 0.303 e. The average Bonchev–Trinajstić information content (AvgIpc) is 3.63. The molecule has 3 aromatic carbocycles. The van der Waals surface area contributed by atoms with Crippen LogP contribution >= 0.6 is 0 Å². The van der Waals surface area contributed by atoms with E-state index in [4.69, 9.17) is 9.84 Å². The number of carbonyl (C=O) groups excluding carboxylic acids is 1. The molecule has 0 radical (unpaired) electrons. The van der Waals surface area contributed by atoms with Gasteiger partial charge in [0, 0.05) is 17.5 Å². The molecular formula is C30H33NO5. The molecule has 4 rings (SSSR count). The monoisotopic (exact) mass is 487 g/mol. The molecule has 1 aliphatic rings. The Morgan fingerprint density at radius 1 is 0.889 bits per heavy atom. The van der Waals surface area contributed by atoms with E-state index in [1.54, 1.807) is 4.90 Å². The van der Waals surface area contributed by atoms with Crippen LogP contribution in [-0.2, 0) is 11.3 Å². The molecule has 0 bridgehead atoms. The number of carbonyl (C=O) groups is 2. The van der Waals surface area contributed by atoms with Crippen LogP contribution in [0, 0.1) is 6.92 Å². The molecule has 0 atom stereocenters. The Morgan fingerprint density at radius 3 is 2.17 bits per heavy atom. The summed E-state index contributed by atoms with van der Waals surface area (Å²) in [6.45, 7) is 2.76. The largest absolute Gasteiger partial charge is 0.493 e. The molecule has 0 saturated heterocycles. The Hall–Kier alpha value is -3.64. The van der Waals surface area contributed by atoms with Gasteiger partial charge >= 0.3 is 5.97 Å². The van der Waals surface area contributed by atoms with E-state index >= 15 is 0 Å². The molecule has 2 N–H and O–H groups in total. The van der Waals surface area contributed by atoms with Gasteiger partial charge in [-0.2, -0.15) is 0 Å². The third-order valence-corrected chi connectivity index (χ3v) is 6.56. The highest BCUT2D eigenvalue weighted by Gasteiger charge is 2.49. The van der Waals surface area contributed by atoms with E-state index in [0.29, 0.717) is 37.2 Å². The van der Waals surface area contributed by atoms with Crippen LogP contribution in [0.25, 0.3) is 11.1 Å². The van der Waals surface area contributed by atoms with E-state index in [0.717, 1.165) is 29.5 Å². The lowest BCUT2D eigenvalue weighted by molar-refractivity contribution is -0.137. The SMILES string of the molecule is Cc1ccc(-c2ccc(C(=O)N(Cc3ccccc3OCCCCCC(=O)O)C3(O)CC3)cc2)cc1. The summed E-state index contributed by atoms with van der Waals surface area (Å²) in [6.07, 6.45) is 3.41. The van der Waals surface area contributed by atoms with Gasteiger partial charge in [0.05, 0.1) is 13.2 Å². The van der Waals surface area contributed by atoms with Gasteiger partial charge in [-0.3, -0.25) is 9.59 Å². The number of unbranched alkanes of at least 4 members (excludes halogenated alkanes) is 2. The number of amides is 1. The normalized spacial score (nSPS) is 13.7. The maximum absolute atomic E-state index is 13.5. The van der Waals surface area contributed by atoms with Gasteiger partial charge in [0.2, 0.25) is 0 Å². The summed E-state index contributed by atoms with van der Waals surface area (Å²) >= 11 is 0. The van der Waals surface area contributed by atoms with Crippen LogP contribution in [0.5, 0.6) is 5.75 Å². The van der Waals surface area contributed by atoms with Crippen LogP contribution in [0.3, 0.4) is 0 Å². The van der Waals surface area contributed by atoms with Crippen LogP contribution in [0.2, 0.25) is 0 Å². The molecule has 0 spiro atoms. The van der Waals surface area contributed by atoms with Crippen molar-refractivity contribution in [2.45, 2.75) is 57.7 Å². The molecule has 0 aliphatic heterocycles. The number of aliphatic carboxylic acids is 1. The molecule has 1 amide bonds. The van der Waals surface area contributed by atoms with Crippen molar-refractivity contribution < 1.29 is 24.5 Å². The number of rotatable bonds is 12. The van der Waals surface area contributed by atoms with E-state index < -0.39 is 11.7 Å². The second-order valence-electron chi connectivity index (χ2n) is 9.48. The third kappa shape index (κ3) is 6.52. The fourth-order valence-electron chi connectivity index (χ4n) is 4.18. The predicted octanol–water partition coefficient (Wildman–Crippen LogP) is 5.81. The van der Waals surface area contributed by atoms with Gasteiger partial charge < -0.3 is 19.8 Å². The summed E-state index contributed by atoms with van der Waals surface area (Å²) in [7, 11) is 0. The average molecular weight is 488 g/mol. The molecule has 1 fully saturated rings. The lowest BCUT2D eigenvalue weighted by Crippen LogP contribution is -2.41. The predicted molar refractivity (Wildman–Crippen MR) is 139 cm³/mol. The Labute approximate surface area is 212 Å². The highest BCUT2D eigenvalue weighted by Crippen LogP contribution is 2.41. The van der Waals surface area contributed by atoms with Crippen molar-refractivity contribution in [3.63, 3.8) is 0 Å². The Bertz CT molecular complexity index is 1180. The molecule has 0 unspecified atom stereocenters. The molecule has 36 heavy (non-hydrogen) atoms. The molecule has 0 heterocycles. The van der Waals surface area contributed by atoms with Crippen molar-refractivity contribution in [2.24, 2.45) is 0 Å². The molecule has 0 aromatic heterocycles. The smallest absolute Gasteiger partial charge is 0.303 e. The van der Waals surface area contributed by atoms with Gasteiger partial charge in [0.1, 0.15) is 11.5 Å². The second-order valence-corrected chi connectivity index (χ2v) is 9.48. The highest BCUT2D eigenvalue weighted by molar-refractivity contribution is 5.95. The van der Waals surface area contributed by atoms with E-state index in [-0.39, 0.29) is 18.9 Å². The zero-order chi connectivity index (χ0) is 25.5. The minimum Gasteiger partial charge on any atom is -0.493 e. The first kappa shape index (κ1) is 25.5. The minimum absolute atomic E-state index is 0.165. The summed E-state index contributed by atoms with van der Waals surface area (Å²) in [5.41, 5.74) is 3.53. The molecule has 188 valence electrons. The molecule has 6 nitrogen and oxygen atoms in total. The first-order valence-electron chi connectivity index (χ1n) is 12.5. The Morgan fingerprint density at radius 2 is 1.53 bits per heavy atom. The van der Waals surface area contributed by atoms with Gasteiger partial charge in [-0.25, -0.2) is 0 Å². The lowest BCUT2D eigenvalue weighted by atomic mass is 10.0. The van der Waals surface area contributed by atoms with E-state index in [2.05, 4.69) is 31.2 Å². The van der Waals surface area contributed by atoms with Crippen molar-refractivity contribution in [2.75, 3.05) is 6.61 Å². The topological polar surface area (TPSA) is 87.1 Å². The highest BCUT2D eigenvalue weighted by atomic mass is 16.5. The fraction of sp³-hybridized carbons (Fsp3) is 0.333. The summed E-state index contributed by atoms with van der Waals surface area (Å²) in [5.74, 6) is -0.324. The van der Waals surface area contributed by atoms with Crippen molar-refractivity contribution in [1.82, 2.24) is 4.90 Å². The zero-order valence-electron chi connectivity index (χ0n) is 20.7. The van der Waals surface area contributed by atoms with Gasteiger partial charge in [-0.1, -0.05) is 60.2 Å². The van der Waals surface area contributed by atoms with Crippen molar-refractivity contribution in [1.29, 1.82) is 0 Å². The molecule has 6 heteroatoms. The number of hydrogen-bond donors (Lipinski definition) is 2. The van der Waals surface area contributed by atoms with E-state index in [1.165, 1.54) is 5.56 Å². The van der Waals surface area contributed by atoms with E-state index in [9.17, 15) is 14.7 Å². The maximum atomic E-state index is 13.5. The number of aryl methyl sites for hydroxylation is 1. The van der Waals surface area contributed by atoms with E-state index in [1.807, 2.05) is 48.5 Å². The summed E-state index contributed by atoms with van der Waals surface area (Å²) in [5, 5.41) is 19.7. The van der Waals surface area contributed by atoms with Crippen LogP contribution in [0.1, 0.15) is 60.0 Å². The number of hydrogen-bond acceptors (Lipinski definition) is 4. The first-order chi connectivity index (χ1) is 17.4. The van der Waals surface area contributed by atoms with Crippen molar-refractivity contribution >= 4 is 11.9 Å². The van der Waals surface area contributed by atoms with Crippen LogP contribution < -0.4 is 4.74 Å². The molecular weight excluding hydrogens is 454 g/mol. The third-order valence-electron chi connectivity index (χ3n) is 6.56.